The lowest BCUT2D eigenvalue weighted by Crippen LogP contribution is -2.10. The molecule has 0 aliphatic rings. The average molecular weight is 128 g/mol. The first-order valence-corrected chi connectivity index (χ1v) is 3.06. The van der Waals surface area contributed by atoms with Crippen molar-refractivity contribution in [2.75, 3.05) is 0 Å². The third-order valence-electron chi connectivity index (χ3n) is 0.716. The summed E-state index contributed by atoms with van der Waals surface area (Å²) >= 11 is 0. The minimum absolute atomic E-state index is 0.0240. The molecule has 0 aliphatic heterocycles. The van der Waals surface area contributed by atoms with E-state index in [0.717, 1.165) is 0 Å². The van der Waals surface area contributed by atoms with Crippen LogP contribution in [0.25, 0.3) is 0 Å². The lowest BCUT2D eigenvalue weighted by Gasteiger charge is -2.05. The number of rotatable bonds is 3. The minimum Gasteiger partial charge on any atom is -0.463 e. The lowest BCUT2D eigenvalue weighted by molar-refractivity contribution is -0.147. The van der Waals surface area contributed by atoms with E-state index in [0.29, 0.717) is 12.8 Å². The first kappa shape index (κ1) is 8.47. The standard InChI is InChI=1S/C7H12O2/c1-4-5-7(8)9-6(2)3/h1,6H,4-5H2,2-3H3. The van der Waals surface area contributed by atoms with E-state index in [1.807, 2.05) is 13.8 Å². The fourth-order valence-corrected chi connectivity index (χ4v) is 0.440. The molecule has 0 heterocycles. The Bertz CT molecular complexity index is 86.9. The van der Waals surface area contributed by atoms with Crippen LogP contribution in [-0.2, 0) is 9.53 Å². The Morgan fingerprint density at radius 2 is 2.22 bits per heavy atom. The van der Waals surface area contributed by atoms with Crippen molar-refractivity contribution in [3.63, 3.8) is 0 Å². The number of carbonyl (C=O) groups is 1. The van der Waals surface area contributed by atoms with Gasteiger partial charge in [-0.2, -0.15) is 0 Å². The number of carbonyl (C=O) groups excluding carboxylic acids is 1. The Morgan fingerprint density at radius 3 is 2.56 bits per heavy atom. The predicted molar refractivity (Wildman–Crippen MR) is 34.8 cm³/mol. The van der Waals surface area contributed by atoms with Crippen molar-refractivity contribution in [3.8, 4) is 0 Å². The van der Waals surface area contributed by atoms with Crippen LogP contribution in [0.3, 0.4) is 0 Å². The van der Waals surface area contributed by atoms with Crippen molar-refractivity contribution in [2.24, 2.45) is 0 Å². The Kier molecular flexibility index (Phi) is 4.10. The summed E-state index contributed by atoms with van der Waals surface area (Å²) in [6.07, 6.45) is 0.660. The second-order valence-electron chi connectivity index (χ2n) is 2.08. The molecule has 2 heteroatoms. The van der Waals surface area contributed by atoms with Crippen LogP contribution in [0, 0.1) is 6.92 Å². The van der Waals surface area contributed by atoms with Crippen molar-refractivity contribution in [2.45, 2.75) is 32.8 Å². The van der Waals surface area contributed by atoms with Crippen LogP contribution in [0.4, 0.5) is 0 Å². The molecular weight excluding hydrogens is 116 g/mol. The highest BCUT2D eigenvalue weighted by atomic mass is 16.5. The van der Waals surface area contributed by atoms with E-state index in [4.69, 9.17) is 11.7 Å². The van der Waals surface area contributed by atoms with Crippen molar-refractivity contribution in [1.82, 2.24) is 0 Å². The summed E-state index contributed by atoms with van der Waals surface area (Å²) in [5.74, 6) is -0.215. The molecule has 0 unspecified atom stereocenters. The Morgan fingerprint density at radius 1 is 1.67 bits per heavy atom. The Balaban J connectivity index is 3.27. The second kappa shape index (κ2) is 4.36. The van der Waals surface area contributed by atoms with Crippen LogP contribution in [-0.4, -0.2) is 12.1 Å². The zero-order chi connectivity index (χ0) is 7.28. The van der Waals surface area contributed by atoms with Crippen LogP contribution < -0.4 is 0 Å². The van der Waals surface area contributed by atoms with Crippen molar-refractivity contribution in [1.29, 1.82) is 0 Å². The molecule has 0 N–H and O–H groups in total. The molecule has 0 rings (SSSR count). The van der Waals surface area contributed by atoms with Crippen LogP contribution in [0.5, 0.6) is 0 Å². The molecule has 0 saturated carbocycles. The van der Waals surface area contributed by atoms with E-state index in [1.165, 1.54) is 0 Å². The van der Waals surface area contributed by atoms with Gasteiger partial charge in [0, 0.05) is 6.42 Å². The molecule has 0 amide bonds. The van der Waals surface area contributed by atoms with Gasteiger partial charge in [0.25, 0.3) is 0 Å². The molecule has 0 aromatic rings. The van der Waals surface area contributed by atoms with Gasteiger partial charge in [0.1, 0.15) is 0 Å². The SMILES string of the molecule is [CH]CCC(=O)OC(C)C. The van der Waals surface area contributed by atoms with Gasteiger partial charge in [-0.1, -0.05) is 0 Å². The second-order valence-corrected chi connectivity index (χ2v) is 2.08. The lowest BCUT2D eigenvalue weighted by atomic mass is 10.3. The van der Waals surface area contributed by atoms with Gasteiger partial charge in [-0.15, -0.1) is 0 Å². The smallest absolute Gasteiger partial charge is 0.306 e. The fraction of sp³-hybridized carbons (Fsp3) is 0.714. The van der Waals surface area contributed by atoms with Crippen molar-refractivity contribution < 1.29 is 9.53 Å². The first-order chi connectivity index (χ1) is 4.16. The topological polar surface area (TPSA) is 26.3 Å². The summed E-state index contributed by atoms with van der Waals surface area (Å²) in [5.41, 5.74) is 0. The van der Waals surface area contributed by atoms with E-state index >= 15 is 0 Å². The minimum atomic E-state index is -0.215. The summed E-state index contributed by atoms with van der Waals surface area (Å²) in [5, 5.41) is 0. The van der Waals surface area contributed by atoms with Crippen LogP contribution in [0.15, 0.2) is 0 Å². The highest BCUT2D eigenvalue weighted by Gasteiger charge is 2.01. The first-order valence-electron chi connectivity index (χ1n) is 3.06. The molecule has 0 aromatic heterocycles. The molecule has 0 bridgehead atoms. The largest absolute Gasteiger partial charge is 0.463 e. The van der Waals surface area contributed by atoms with Gasteiger partial charge in [0.15, 0.2) is 0 Å². The van der Waals surface area contributed by atoms with Crippen molar-refractivity contribution >= 4 is 5.97 Å². The van der Waals surface area contributed by atoms with Crippen molar-refractivity contribution in [3.05, 3.63) is 6.92 Å². The normalized spacial score (nSPS) is 9.78. The highest BCUT2D eigenvalue weighted by Crippen LogP contribution is 1.94. The van der Waals surface area contributed by atoms with Crippen LogP contribution in [0.1, 0.15) is 26.7 Å². The van der Waals surface area contributed by atoms with Gasteiger partial charge in [-0.25, -0.2) is 0 Å². The van der Waals surface area contributed by atoms with E-state index in [1.54, 1.807) is 0 Å². The molecule has 2 radical (unpaired) electrons. The zero-order valence-corrected chi connectivity index (χ0v) is 5.89. The third-order valence-corrected chi connectivity index (χ3v) is 0.716. The molecule has 2 nitrogen and oxygen atoms in total. The average Bonchev–Trinajstić information content (AvgIpc) is 1.63. The molecule has 0 spiro atoms. The molecule has 9 heavy (non-hydrogen) atoms. The molecule has 0 saturated heterocycles. The van der Waals surface area contributed by atoms with E-state index in [9.17, 15) is 4.79 Å². The maximum atomic E-state index is 10.6. The molecule has 52 valence electrons. The number of hydrogen-bond acceptors (Lipinski definition) is 2. The quantitative estimate of drug-likeness (QED) is 0.537. The number of esters is 1. The van der Waals surface area contributed by atoms with E-state index in [-0.39, 0.29) is 12.1 Å². The zero-order valence-electron chi connectivity index (χ0n) is 5.89. The number of ether oxygens (including phenoxy) is 1. The van der Waals surface area contributed by atoms with Crippen LogP contribution >= 0.6 is 0 Å². The molecule has 0 fully saturated rings. The summed E-state index contributed by atoms with van der Waals surface area (Å²) < 4.78 is 4.77. The molecular formula is C7H12O2. The molecule has 0 atom stereocenters. The summed E-state index contributed by atoms with van der Waals surface area (Å²) in [4.78, 5) is 10.6. The molecule has 0 aliphatic carbocycles. The third kappa shape index (κ3) is 5.34. The van der Waals surface area contributed by atoms with E-state index in [2.05, 4.69) is 0 Å². The monoisotopic (exact) mass is 128 g/mol. The van der Waals surface area contributed by atoms with Gasteiger partial charge in [-0.3, -0.25) is 4.79 Å². The highest BCUT2D eigenvalue weighted by molar-refractivity contribution is 5.69. The fourth-order valence-electron chi connectivity index (χ4n) is 0.440. The maximum Gasteiger partial charge on any atom is 0.306 e. The summed E-state index contributed by atoms with van der Waals surface area (Å²) in [6, 6.07) is 0. The molecule has 0 aromatic carbocycles. The maximum absolute atomic E-state index is 10.6. The van der Waals surface area contributed by atoms with Gasteiger partial charge < -0.3 is 4.74 Å². The Labute approximate surface area is 56.2 Å². The van der Waals surface area contributed by atoms with E-state index < -0.39 is 0 Å². The van der Waals surface area contributed by atoms with Gasteiger partial charge >= 0.3 is 5.97 Å². The predicted octanol–water partition coefficient (Wildman–Crippen LogP) is 1.43. The summed E-state index contributed by atoms with van der Waals surface area (Å²) in [6.45, 7) is 8.73. The Hall–Kier alpha value is -0.530. The summed E-state index contributed by atoms with van der Waals surface area (Å²) in [7, 11) is 0. The number of hydrogen-bond donors (Lipinski definition) is 0. The van der Waals surface area contributed by atoms with Gasteiger partial charge in [0.05, 0.1) is 6.10 Å². The van der Waals surface area contributed by atoms with Crippen LogP contribution in [0.2, 0.25) is 0 Å². The van der Waals surface area contributed by atoms with Gasteiger partial charge in [0.2, 0.25) is 0 Å². The van der Waals surface area contributed by atoms with Gasteiger partial charge in [-0.05, 0) is 27.2 Å².